The molecule has 0 spiro atoms. The predicted octanol–water partition coefficient (Wildman–Crippen LogP) is 3.34. The van der Waals surface area contributed by atoms with Gasteiger partial charge in [-0.2, -0.15) is 13.2 Å². The molecule has 0 radical (unpaired) electrons. The maximum Gasteiger partial charge on any atom is 0.398 e. The standard InChI is InChI=1S/C22H21F4N5O3/c1-12(22(24,25)26)21-29-18(19(20(27)33)31(21)28)14-5-3-13(4-6-14)10-30(11-32)16-9-15(23)7-8-17(16)34-2/h3-9,11-12H,10,28H2,1-2H3,(H2,27,33). The van der Waals surface area contributed by atoms with Crippen molar-refractivity contribution in [3.8, 4) is 17.0 Å². The Morgan fingerprint density at radius 2 is 1.88 bits per heavy atom. The average molecular weight is 479 g/mol. The van der Waals surface area contributed by atoms with Crippen molar-refractivity contribution in [3.05, 3.63) is 65.4 Å². The predicted molar refractivity (Wildman–Crippen MR) is 116 cm³/mol. The number of rotatable bonds is 8. The first kappa shape index (κ1) is 24.6. The lowest BCUT2D eigenvalue weighted by molar-refractivity contribution is -0.148. The number of halogens is 4. The van der Waals surface area contributed by atoms with Crippen LogP contribution in [-0.2, 0) is 11.3 Å². The molecule has 2 amide bonds. The number of aromatic nitrogens is 2. The summed E-state index contributed by atoms with van der Waals surface area (Å²) in [6, 6.07) is 9.88. The largest absolute Gasteiger partial charge is 0.495 e. The Morgan fingerprint density at radius 3 is 2.41 bits per heavy atom. The summed E-state index contributed by atoms with van der Waals surface area (Å²) in [6.07, 6.45) is -4.12. The molecule has 1 aromatic heterocycles. The van der Waals surface area contributed by atoms with Gasteiger partial charge < -0.3 is 21.2 Å². The molecule has 1 unspecified atom stereocenters. The Kier molecular flexibility index (Phi) is 6.80. The summed E-state index contributed by atoms with van der Waals surface area (Å²) in [7, 11) is 1.38. The van der Waals surface area contributed by atoms with Gasteiger partial charge in [0.25, 0.3) is 5.91 Å². The van der Waals surface area contributed by atoms with Crippen molar-refractivity contribution >= 4 is 18.0 Å². The van der Waals surface area contributed by atoms with Crippen LogP contribution in [0.15, 0.2) is 42.5 Å². The molecular weight excluding hydrogens is 458 g/mol. The van der Waals surface area contributed by atoms with Crippen molar-refractivity contribution < 1.29 is 31.9 Å². The van der Waals surface area contributed by atoms with Crippen LogP contribution in [0.2, 0.25) is 0 Å². The minimum Gasteiger partial charge on any atom is -0.495 e. The average Bonchev–Trinajstić information content (AvgIpc) is 3.13. The smallest absolute Gasteiger partial charge is 0.398 e. The highest BCUT2D eigenvalue weighted by atomic mass is 19.4. The van der Waals surface area contributed by atoms with E-state index in [0.29, 0.717) is 22.2 Å². The second-order valence-electron chi connectivity index (χ2n) is 7.41. The molecule has 0 saturated heterocycles. The first-order chi connectivity index (χ1) is 16.0. The van der Waals surface area contributed by atoms with Gasteiger partial charge in [0.1, 0.15) is 29.0 Å². The van der Waals surface area contributed by atoms with Crippen LogP contribution in [0.5, 0.6) is 5.75 Å². The zero-order chi connectivity index (χ0) is 25.2. The molecule has 1 atom stereocenters. The minimum absolute atomic E-state index is 0.0357. The third-order valence-electron chi connectivity index (χ3n) is 5.21. The van der Waals surface area contributed by atoms with E-state index in [1.54, 1.807) is 12.1 Å². The maximum atomic E-state index is 13.7. The van der Waals surface area contributed by atoms with Crippen molar-refractivity contribution in [1.82, 2.24) is 9.66 Å². The van der Waals surface area contributed by atoms with Gasteiger partial charge in [0.05, 0.1) is 19.3 Å². The summed E-state index contributed by atoms with van der Waals surface area (Å²) in [5.41, 5.74) is 5.96. The number of carbonyl (C=O) groups is 2. The summed E-state index contributed by atoms with van der Waals surface area (Å²) in [5.74, 6) is 1.81. The van der Waals surface area contributed by atoms with Gasteiger partial charge in [-0.25, -0.2) is 14.1 Å². The number of anilines is 1. The second kappa shape index (κ2) is 9.41. The second-order valence-corrected chi connectivity index (χ2v) is 7.41. The molecule has 180 valence electrons. The molecule has 3 rings (SSSR count). The number of hydrogen-bond donors (Lipinski definition) is 2. The lowest BCUT2D eigenvalue weighted by atomic mass is 10.1. The van der Waals surface area contributed by atoms with Gasteiger partial charge in [-0.1, -0.05) is 24.3 Å². The lowest BCUT2D eigenvalue weighted by Gasteiger charge is -2.20. The molecule has 34 heavy (non-hydrogen) atoms. The van der Waals surface area contributed by atoms with Crippen LogP contribution in [0.3, 0.4) is 0 Å². The lowest BCUT2D eigenvalue weighted by Crippen LogP contribution is -2.28. The van der Waals surface area contributed by atoms with Crippen LogP contribution in [-0.4, -0.2) is 35.3 Å². The molecule has 12 heteroatoms. The van der Waals surface area contributed by atoms with E-state index in [-0.39, 0.29) is 29.4 Å². The molecule has 0 fully saturated rings. The number of imidazole rings is 1. The monoisotopic (exact) mass is 479 g/mol. The normalized spacial score (nSPS) is 12.3. The van der Waals surface area contributed by atoms with Gasteiger partial charge >= 0.3 is 6.18 Å². The molecule has 8 nitrogen and oxygen atoms in total. The summed E-state index contributed by atoms with van der Waals surface area (Å²) >= 11 is 0. The molecule has 0 aliphatic rings. The highest BCUT2D eigenvalue weighted by molar-refractivity contribution is 5.97. The van der Waals surface area contributed by atoms with Gasteiger partial charge in [0.15, 0.2) is 5.69 Å². The van der Waals surface area contributed by atoms with Crippen LogP contribution in [0.4, 0.5) is 23.2 Å². The third-order valence-corrected chi connectivity index (χ3v) is 5.21. The van der Waals surface area contributed by atoms with E-state index in [1.165, 1.54) is 36.3 Å². The molecule has 2 aromatic carbocycles. The van der Waals surface area contributed by atoms with Crippen molar-refractivity contribution in [2.24, 2.45) is 5.73 Å². The fourth-order valence-electron chi connectivity index (χ4n) is 3.37. The van der Waals surface area contributed by atoms with Crippen LogP contribution >= 0.6 is 0 Å². The van der Waals surface area contributed by atoms with E-state index < -0.39 is 29.6 Å². The number of carbonyl (C=O) groups excluding carboxylic acids is 2. The summed E-state index contributed by atoms with van der Waals surface area (Å²) in [5, 5.41) is 0. The SMILES string of the molecule is COc1ccc(F)cc1N(C=O)Cc1ccc(-c2nc(C(C)C(F)(F)F)n(N)c2C(N)=O)cc1. The summed E-state index contributed by atoms with van der Waals surface area (Å²) < 4.78 is 59.0. The van der Waals surface area contributed by atoms with Crippen LogP contribution in [0.25, 0.3) is 11.3 Å². The van der Waals surface area contributed by atoms with Gasteiger partial charge in [-0.3, -0.25) is 9.59 Å². The van der Waals surface area contributed by atoms with Crippen LogP contribution in [0.1, 0.15) is 34.7 Å². The number of nitrogens with two attached hydrogens (primary N) is 2. The number of methoxy groups -OCH3 is 1. The minimum atomic E-state index is -4.63. The Bertz CT molecular complexity index is 1210. The Balaban J connectivity index is 1.95. The fourth-order valence-corrected chi connectivity index (χ4v) is 3.37. The number of hydrogen-bond acceptors (Lipinski definition) is 5. The number of benzene rings is 2. The van der Waals surface area contributed by atoms with Gasteiger partial charge in [-0.15, -0.1) is 0 Å². The Hall–Kier alpha value is -4.09. The van der Waals surface area contributed by atoms with Crippen LogP contribution in [0, 0.1) is 5.82 Å². The van der Waals surface area contributed by atoms with Crippen LogP contribution < -0.4 is 21.2 Å². The Labute approximate surface area is 191 Å². The van der Waals surface area contributed by atoms with Gasteiger partial charge in [0.2, 0.25) is 6.41 Å². The molecular formula is C22H21F4N5O3. The molecule has 4 N–H and O–H groups in total. The quantitative estimate of drug-likeness (QED) is 0.292. The van der Waals surface area contributed by atoms with Crippen molar-refractivity contribution in [1.29, 1.82) is 0 Å². The number of primary amides is 1. The van der Waals surface area contributed by atoms with E-state index in [2.05, 4.69) is 4.98 Å². The van der Waals surface area contributed by atoms with Crippen molar-refractivity contribution in [2.75, 3.05) is 17.9 Å². The molecule has 0 saturated carbocycles. The third kappa shape index (κ3) is 4.80. The zero-order valence-electron chi connectivity index (χ0n) is 18.1. The number of ether oxygens (including phenoxy) is 1. The summed E-state index contributed by atoms with van der Waals surface area (Å²) in [4.78, 5) is 28.7. The van der Waals surface area contributed by atoms with E-state index in [1.807, 2.05) is 0 Å². The topological polar surface area (TPSA) is 116 Å². The highest BCUT2D eigenvalue weighted by Crippen LogP contribution is 2.36. The van der Waals surface area contributed by atoms with E-state index in [9.17, 15) is 27.2 Å². The fraction of sp³-hybridized carbons (Fsp3) is 0.227. The molecule has 0 aliphatic carbocycles. The molecule has 1 heterocycles. The summed E-state index contributed by atoms with van der Waals surface area (Å²) in [6.45, 7) is 0.909. The van der Waals surface area contributed by atoms with Crippen molar-refractivity contribution in [3.63, 3.8) is 0 Å². The number of alkyl halides is 3. The highest BCUT2D eigenvalue weighted by Gasteiger charge is 2.41. The number of nitrogen functional groups attached to an aromatic ring is 1. The first-order valence-corrected chi connectivity index (χ1v) is 9.87. The van der Waals surface area contributed by atoms with E-state index in [0.717, 1.165) is 13.0 Å². The molecule has 0 aliphatic heterocycles. The van der Waals surface area contributed by atoms with Crippen molar-refractivity contribution in [2.45, 2.75) is 25.6 Å². The molecule has 3 aromatic rings. The van der Waals surface area contributed by atoms with E-state index in [4.69, 9.17) is 16.3 Å². The maximum absolute atomic E-state index is 13.7. The van der Waals surface area contributed by atoms with Gasteiger partial charge in [0, 0.05) is 11.6 Å². The number of nitrogens with zero attached hydrogens (tertiary/aromatic N) is 3. The first-order valence-electron chi connectivity index (χ1n) is 9.87. The van der Waals surface area contributed by atoms with Gasteiger partial charge in [-0.05, 0) is 24.6 Å². The zero-order valence-corrected chi connectivity index (χ0v) is 18.1. The Morgan fingerprint density at radius 1 is 1.24 bits per heavy atom. The number of amides is 2. The molecule has 0 bridgehead atoms. The van der Waals surface area contributed by atoms with E-state index >= 15 is 0 Å².